The Hall–Kier alpha value is -1.77. The van der Waals surface area contributed by atoms with E-state index >= 15 is 0 Å². The van der Waals surface area contributed by atoms with Gasteiger partial charge in [-0.25, -0.2) is 9.18 Å². The zero-order valence-corrected chi connectivity index (χ0v) is 9.99. The fourth-order valence-electron chi connectivity index (χ4n) is 1.96. The van der Waals surface area contributed by atoms with Gasteiger partial charge in [0.1, 0.15) is 5.82 Å². The first-order valence-electron chi connectivity index (χ1n) is 5.91. The number of nitrogens with zero attached hydrogens (tertiary/aromatic N) is 1. The molecule has 2 rings (SSSR count). The molecule has 1 aliphatic heterocycles. The number of ether oxygens (including phenoxy) is 1. The molecule has 0 spiro atoms. The summed E-state index contributed by atoms with van der Waals surface area (Å²) in [6.07, 6.45) is 5.82. The Bertz CT molecular complexity index is 505. The van der Waals surface area contributed by atoms with E-state index in [2.05, 4.69) is 11.1 Å². The summed E-state index contributed by atoms with van der Waals surface area (Å²) in [7, 11) is 0. The second kappa shape index (κ2) is 6.24. The fraction of sp³-hybridized carbons (Fsp3) is 0.357. The van der Waals surface area contributed by atoms with Crippen molar-refractivity contribution in [3.63, 3.8) is 0 Å². The molecule has 1 aromatic rings. The Balaban J connectivity index is 2.13. The first kappa shape index (κ1) is 12.7. The average Bonchev–Trinajstić information content (AvgIpc) is 2.62. The van der Waals surface area contributed by atoms with Gasteiger partial charge in [-0.2, -0.15) is 4.99 Å². The van der Waals surface area contributed by atoms with Crippen LogP contribution in [0.5, 0.6) is 0 Å². The van der Waals surface area contributed by atoms with Crippen molar-refractivity contribution < 1.29 is 13.9 Å². The van der Waals surface area contributed by atoms with E-state index in [-0.39, 0.29) is 5.82 Å². The molecule has 4 heteroatoms. The smallest absolute Gasteiger partial charge is 0.240 e. The summed E-state index contributed by atoms with van der Waals surface area (Å²) >= 11 is 0. The van der Waals surface area contributed by atoms with Gasteiger partial charge in [0, 0.05) is 6.07 Å². The van der Waals surface area contributed by atoms with Crippen LogP contribution in [0, 0.1) is 5.82 Å². The van der Waals surface area contributed by atoms with Crippen LogP contribution in [0.4, 0.5) is 10.1 Å². The second-order valence-electron chi connectivity index (χ2n) is 4.17. The maximum Gasteiger partial charge on any atom is 0.240 e. The standard InChI is InChI=1S/C14H14FNO2/c15-14-9-13(16-10-17)4-3-12(14)8-11-2-1-6-18-7-5-11/h2-4,9H,1,5-8H2. The number of isocyanates is 1. The molecule has 1 heterocycles. The van der Waals surface area contributed by atoms with Crippen LogP contribution in [0.1, 0.15) is 18.4 Å². The molecule has 0 aromatic heterocycles. The maximum absolute atomic E-state index is 13.8. The van der Waals surface area contributed by atoms with E-state index in [0.717, 1.165) is 19.4 Å². The van der Waals surface area contributed by atoms with Gasteiger partial charge in [-0.15, -0.1) is 0 Å². The van der Waals surface area contributed by atoms with Crippen molar-refractivity contribution in [1.82, 2.24) is 0 Å². The van der Waals surface area contributed by atoms with Crippen LogP contribution in [-0.2, 0) is 16.0 Å². The molecular weight excluding hydrogens is 233 g/mol. The Morgan fingerprint density at radius 3 is 3.06 bits per heavy atom. The van der Waals surface area contributed by atoms with Crippen LogP contribution in [-0.4, -0.2) is 19.3 Å². The minimum absolute atomic E-state index is 0.296. The molecule has 1 aliphatic rings. The van der Waals surface area contributed by atoms with Gasteiger partial charge in [-0.1, -0.05) is 17.7 Å². The van der Waals surface area contributed by atoms with Crippen molar-refractivity contribution in [3.8, 4) is 0 Å². The molecule has 0 atom stereocenters. The SMILES string of the molecule is O=C=Nc1ccc(CC2=CCCOCC2)c(F)c1. The number of hydrogen-bond donors (Lipinski definition) is 0. The number of benzene rings is 1. The van der Waals surface area contributed by atoms with Gasteiger partial charge in [-0.3, -0.25) is 0 Å². The van der Waals surface area contributed by atoms with Crippen LogP contribution < -0.4 is 0 Å². The quantitative estimate of drug-likeness (QED) is 0.467. The number of halogens is 1. The first-order valence-corrected chi connectivity index (χ1v) is 5.91. The highest BCUT2D eigenvalue weighted by Crippen LogP contribution is 2.21. The first-order chi connectivity index (χ1) is 8.79. The minimum Gasteiger partial charge on any atom is -0.381 e. The molecule has 18 heavy (non-hydrogen) atoms. The predicted octanol–water partition coefficient (Wildman–Crippen LogP) is 3.07. The topological polar surface area (TPSA) is 38.7 Å². The average molecular weight is 247 g/mol. The van der Waals surface area contributed by atoms with Gasteiger partial charge in [0.2, 0.25) is 6.08 Å². The molecule has 0 unspecified atom stereocenters. The van der Waals surface area contributed by atoms with E-state index in [1.54, 1.807) is 12.1 Å². The van der Waals surface area contributed by atoms with Gasteiger partial charge in [0.15, 0.2) is 0 Å². The van der Waals surface area contributed by atoms with E-state index in [1.807, 2.05) is 0 Å². The summed E-state index contributed by atoms with van der Waals surface area (Å²) in [6.45, 7) is 1.43. The molecule has 0 saturated carbocycles. The Kier molecular flexibility index (Phi) is 4.40. The van der Waals surface area contributed by atoms with E-state index in [0.29, 0.717) is 24.3 Å². The van der Waals surface area contributed by atoms with Crippen molar-refractivity contribution in [3.05, 3.63) is 41.2 Å². The van der Waals surface area contributed by atoms with Crippen molar-refractivity contribution in [2.75, 3.05) is 13.2 Å². The monoisotopic (exact) mass is 247 g/mol. The number of carbonyl (C=O) groups excluding carboxylic acids is 1. The molecule has 3 nitrogen and oxygen atoms in total. The zero-order valence-electron chi connectivity index (χ0n) is 9.99. The summed E-state index contributed by atoms with van der Waals surface area (Å²) in [5.41, 5.74) is 2.11. The molecule has 0 aliphatic carbocycles. The molecule has 0 saturated heterocycles. The molecule has 94 valence electrons. The highest BCUT2D eigenvalue weighted by Gasteiger charge is 2.08. The lowest BCUT2D eigenvalue weighted by Gasteiger charge is -2.07. The van der Waals surface area contributed by atoms with Crippen molar-refractivity contribution in [2.24, 2.45) is 4.99 Å². The molecule has 0 radical (unpaired) electrons. The summed E-state index contributed by atoms with van der Waals surface area (Å²) in [4.78, 5) is 13.5. The van der Waals surface area contributed by atoms with E-state index in [1.165, 1.54) is 17.7 Å². The number of hydrogen-bond acceptors (Lipinski definition) is 3. The third-order valence-corrected chi connectivity index (χ3v) is 2.89. The lowest BCUT2D eigenvalue weighted by molar-refractivity contribution is 0.146. The Labute approximate surface area is 105 Å². The summed E-state index contributed by atoms with van der Waals surface area (Å²) in [5.74, 6) is -0.336. The second-order valence-corrected chi connectivity index (χ2v) is 4.17. The highest BCUT2D eigenvalue weighted by molar-refractivity contribution is 5.49. The van der Waals surface area contributed by atoms with Gasteiger partial charge >= 0.3 is 0 Å². The third-order valence-electron chi connectivity index (χ3n) is 2.89. The van der Waals surface area contributed by atoms with Crippen LogP contribution in [0.3, 0.4) is 0 Å². The van der Waals surface area contributed by atoms with E-state index < -0.39 is 0 Å². The van der Waals surface area contributed by atoms with Gasteiger partial charge in [-0.05, 0) is 30.9 Å². The molecule has 0 bridgehead atoms. The molecular formula is C14H14FNO2. The molecule has 0 fully saturated rings. The molecule has 0 N–H and O–H groups in total. The lowest BCUT2D eigenvalue weighted by Crippen LogP contribution is -1.97. The zero-order chi connectivity index (χ0) is 12.8. The fourth-order valence-corrected chi connectivity index (χ4v) is 1.96. The predicted molar refractivity (Wildman–Crippen MR) is 66.0 cm³/mol. The summed E-state index contributed by atoms with van der Waals surface area (Å²) < 4.78 is 19.1. The van der Waals surface area contributed by atoms with Gasteiger partial charge in [0.25, 0.3) is 0 Å². The Morgan fingerprint density at radius 1 is 1.39 bits per heavy atom. The van der Waals surface area contributed by atoms with Gasteiger partial charge < -0.3 is 4.74 Å². The van der Waals surface area contributed by atoms with Gasteiger partial charge in [0.05, 0.1) is 18.9 Å². The summed E-state index contributed by atoms with van der Waals surface area (Å²) in [6, 6.07) is 4.54. The Morgan fingerprint density at radius 2 is 2.28 bits per heavy atom. The van der Waals surface area contributed by atoms with Crippen molar-refractivity contribution >= 4 is 11.8 Å². The largest absolute Gasteiger partial charge is 0.381 e. The molecule has 0 amide bonds. The van der Waals surface area contributed by atoms with Crippen LogP contribution in [0.2, 0.25) is 0 Å². The number of aliphatic imine (C=N–C) groups is 1. The maximum atomic E-state index is 13.8. The van der Waals surface area contributed by atoms with Crippen molar-refractivity contribution in [2.45, 2.75) is 19.3 Å². The molecule has 1 aromatic carbocycles. The van der Waals surface area contributed by atoms with Crippen LogP contribution in [0.25, 0.3) is 0 Å². The van der Waals surface area contributed by atoms with E-state index in [9.17, 15) is 9.18 Å². The van der Waals surface area contributed by atoms with Crippen LogP contribution in [0.15, 0.2) is 34.8 Å². The highest BCUT2D eigenvalue weighted by atomic mass is 19.1. The number of rotatable bonds is 3. The van der Waals surface area contributed by atoms with Crippen molar-refractivity contribution in [1.29, 1.82) is 0 Å². The van der Waals surface area contributed by atoms with E-state index in [4.69, 9.17) is 4.74 Å². The normalized spacial score (nSPS) is 15.5. The third kappa shape index (κ3) is 3.36. The summed E-state index contributed by atoms with van der Waals surface area (Å²) in [5, 5.41) is 0. The lowest BCUT2D eigenvalue weighted by atomic mass is 10.0. The minimum atomic E-state index is -0.336. The van der Waals surface area contributed by atoms with Crippen LogP contribution >= 0.6 is 0 Å².